The number of halogens is 6. The van der Waals surface area contributed by atoms with E-state index in [0.717, 1.165) is 54.4 Å². The molecule has 0 radical (unpaired) electrons. The van der Waals surface area contributed by atoms with Crippen molar-refractivity contribution in [3.8, 4) is 0 Å². The molecule has 0 aromatic heterocycles. The molecule has 208 valence electrons. The van der Waals surface area contributed by atoms with E-state index in [-0.39, 0.29) is 26.2 Å². The molecule has 2 heterocycles. The third-order valence-electron chi connectivity index (χ3n) is 11.6. The number of hydrogen-bond donors (Lipinski definition) is 0. The molecule has 38 heavy (non-hydrogen) atoms. The maximum Gasteiger partial charge on any atom is 0.471 e. The van der Waals surface area contributed by atoms with Crippen LogP contribution in [0, 0.1) is 21.7 Å². The lowest BCUT2D eigenvalue weighted by molar-refractivity contribution is -0.184. The molecule has 0 unspecified atom stereocenters. The van der Waals surface area contributed by atoms with Gasteiger partial charge in [0.15, 0.2) is 0 Å². The zero-order valence-corrected chi connectivity index (χ0v) is 22.8. The number of likely N-dealkylation sites (tertiary alicyclic amines) is 2. The van der Waals surface area contributed by atoms with Gasteiger partial charge in [-0.15, -0.1) is 0 Å². The molecule has 0 saturated carbocycles. The Balaban J connectivity index is 1.91. The van der Waals surface area contributed by atoms with Crippen LogP contribution < -0.4 is 0 Å². The minimum atomic E-state index is -5.04. The van der Waals surface area contributed by atoms with Crippen molar-refractivity contribution in [2.24, 2.45) is 21.7 Å². The summed E-state index contributed by atoms with van der Waals surface area (Å²) in [5, 5.41) is 0. The molecule has 4 nitrogen and oxygen atoms in total. The zero-order chi connectivity index (χ0) is 28.8. The lowest BCUT2D eigenvalue weighted by Crippen LogP contribution is -2.60. The first kappa shape index (κ1) is 27.1. The topological polar surface area (TPSA) is 40.6 Å². The molecule has 2 aliphatic carbocycles. The summed E-state index contributed by atoms with van der Waals surface area (Å²) >= 11 is 0. The lowest BCUT2D eigenvalue weighted by Gasteiger charge is -2.65. The average Bonchev–Trinajstić information content (AvgIpc) is 3.37. The van der Waals surface area contributed by atoms with E-state index in [0.29, 0.717) is 0 Å². The molecule has 0 atom stereocenters. The van der Waals surface area contributed by atoms with Crippen LogP contribution in [0.1, 0.15) is 55.4 Å². The number of carbonyl (C=O) groups is 2. The monoisotopic (exact) mass is 542 g/mol. The summed E-state index contributed by atoms with van der Waals surface area (Å²) in [4.78, 5) is 27.2. The number of carbonyl (C=O) groups excluding carboxylic acids is 2. The van der Waals surface area contributed by atoms with Gasteiger partial charge in [0.25, 0.3) is 0 Å². The van der Waals surface area contributed by atoms with Crippen molar-refractivity contribution >= 4 is 11.8 Å². The highest BCUT2D eigenvalue weighted by Gasteiger charge is 2.76. The molecular formula is C28H32F6N2O2. The molecule has 4 spiro atoms. The summed E-state index contributed by atoms with van der Waals surface area (Å²) in [5.74, 6) is -3.77. The van der Waals surface area contributed by atoms with Gasteiger partial charge >= 0.3 is 24.2 Å². The van der Waals surface area contributed by atoms with Crippen molar-refractivity contribution in [2.75, 3.05) is 26.2 Å². The molecule has 2 saturated heterocycles. The molecule has 0 aromatic carbocycles. The molecule has 2 amide bonds. The minimum Gasteiger partial charge on any atom is -0.332 e. The first-order valence-electron chi connectivity index (χ1n) is 12.7. The van der Waals surface area contributed by atoms with Crippen molar-refractivity contribution in [2.45, 2.75) is 67.7 Å². The summed E-state index contributed by atoms with van der Waals surface area (Å²) < 4.78 is 82.5. The molecule has 0 N–H and O–H groups in total. The van der Waals surface area contributed by atoms with E-state index < -0.39 is 45.8 Å². The van der Waals surface area contributed by atoms with Gasteiger partial charge in [-0.3, -0.25) is 9.59 Å². The van der Waals surface area contributed by atoms with E-state index >= 15 is 0 Å². The van der Waals surface area contributed by atoms with Gasteiger partial charge in [-0.25, -0.2) is 0 Å². The van der Waals surface area contributed by atoms with Crippen LogP contribution in [0.4, 0.5) is 26.3 Å². The third kappa shape index (κ3) is 2.47. The van der Waals surface area contributed by atoms with Crippen LogP contribution in [0.5, 0.6) is 0 Å². The van der Waals surface area contributed by atoms with Crippen molar-refractivity contribution < 1.29 is 35.9 Å². The SMILES string of the molecule is CC1=C(C)C23CN(C(=O)C(F)(F)F)CC24C(C)=C(C)C2(CN(C(=O)C(F)(F)F)CC12C(C)=C3C)C(C)=C4C. The number of nitrogens with zero attached hydrogens (tertiary/aromatic N) is 2. The average molecular weight is 543 g/mol. The lowest BCUT2D eigenvalue weighted by atomic mass is 9.36. The largest absolute Gasteiger partial charge is 0.471 e. The predicted octanol–water partition coefficient (Wildman–Crippen LogP) is 6.13. The Morgan fingerprint density at radius 1 is 0.474 bits per heavy atom. The summed E-state index contributed by atoms with van der Waals surface area (Å²) in [5.41, 5.74) is 2.29. The second-order valence-electron chi connectivity index (χ2n) is 11.9. The summed E-state index contributed by atoms with van der Waals surface area (Å²) in [6.07, 6.45) is -10.1. The van der Waals surface area contributed by atoms with Gasteiger partial charge in [0.05, 0.1) is 0 Å². The van der Waals surface area contributed by atoms with Gasteiger partial charge in [-0.05, 0) is 55.4 Å². The van der Waals surface area contributed by atoms with Crippen molar-refractivity contribution in [1.82, 2.24) is 9.80 Å². The van der Waals surface area contributed by atoms with Gasteiger partial charge in [0.2, 0.25) is 0 Å². The first-order valence-corrected chi connectivity index (χ1v) is 12.7. The van der Waals surface area contributed by atoms with E-state index in [1.165, 1.54) is 0 Å². The fraction of sp³-hybridized carbons (Fsp3) is 0.643. The van der Waals surface area contributed by atoms with Gasteiger partial charge in [-0.1, -0.05) is 44.6 Å². The van der Waals surface area contributed by atoms with E-state index in [9.17, 15) is 35.9 Å². The predicted molar refractivity (Wildman–Crippen MR) is 128 cm³/mol. The normalized spacial score (nSPS) is 36.9. The summed E-state index contributed by atoms with van der Waals surface area (Å²) in [7, 11) is 0. The second-order valence-corrected chi connectivity index (χ2v) is 11.9. The molecule has 4 rings (SSSR count). The summed E-state index contributed by atoms with van der Waals surface area (Å²) in [6, 6.07) is 0. The fourth-order valence-corrected chi connectivity index (χ4v) is 9.64. The van der Waals surface area contributed by atoms with Crippen LogP contribution in [0.15, 0.2) is 44.6 Å². The van der Waals surface area contributed by atoms with Gasteiger partial charge in [0, 0.05) is 47.8 Å². The Labute approximate surface area is 218 Å². The second kappa shape index (κ2) is 7.16. The van der Waals surface area contributed by atoms with Crippen LogP contribution >= 0.6 is 0 Å². The maximum absolute atomic E-state index is 13.7. The highest BCUT2D eigenvalue weighted by atomic mass is 19.4. The quantitative estimate of drug-likeness (QED) is 0.273. The Kier molecular flexibility index (Phi) is 5.10. The van der Waals surface area contributed by atoms with Crippen LogP contribution in [0.25, 0.3) is 0 Å². The highest BCUT2D eigenvalue weighted by Crippen LogP contribution is 2.79. The van der Waals surface area contributed by atoms with Crippen LogP contribution in [-0.2, 0) is 9.59 Å². The van der Waals surface area contributed by atoms with E-state index in [2.05, 4.69) is 0 Å². The Morgan fingerprint density at radius 2 is 0.632 bits per heavy atom. The smallest absolute Gasteiger partial charge is 0.332 e. The zero-order valence-electron chi connectivity index (χ0n) is 22.8. The number of amides is 2. The standard InChI is InChI=1S/C28H32F6N2O2/c1-13-14(2)24-10-36(22(38)28(32,33)34)12-26(24)19(7)17(5)25(18(6)20(26)8)11-35(21(37)27(29,30)31)9-23(13,25)15(3)16(24)4/h9-12H2,1-8H3. The van der Waals surface area contributed by atoms with Gasteiger partial charge in [0.1, 0.15) is 0 Å². The third-order valence-corrected chi connectivity index (χ3v) is 11.6. The van der Waals surface area contributed by atoms with Gasteiger partial charge < -0.3 is 9.80 Å². The molecule has 2 aliphatic heterocycles. The molecule has 2 fully saturated rings. The van der Waals surface area contributed by atoms with Crippen LogP contribution in [-0.4, -0.2) is 60.1 Å². The van der Waals surface area contributed by atoms with Crippen molar-refractivity contribution in [3.05, 3.63) is 44.6 Å². The molecular weight excluding hydrogens is 510 g/mol. The van der Waals surface area contributed by atoms with E-state index in [4.69, 9.17) is 0 Å². The van der Waals surface area contributed by atoms with E-state index in [1.54, 1.807) is 0 Å². The molecule has 0 aromatic rings. The van der Waals surface area contributed by atoms with Crippen molar-refractivity contribution in [3.63, 3.8) is 0 Å². The van der Waals surface area contributed by atoms with Gasteiger partial charge in [-0.2, -0.15) is 26.3 Å². The van der Waals surface area contributed by atoms with Crippen LogP contribution in [0.3, 0.4) is 0 Å². The molecule has 10 heteroatoms. The summed E-state index contributed by atoms with van der Waals surface area (Å²) in [6.45, 7) is 14.1. The Bertz CT molecular complexity index is 1110. The molecule has 4 aliphatic rings. The molecule has 0 bridgehead atoms. The maximum atomic E-state index is 13.7. The van der Waals surface area contributed by atoms with Crippen LogP contribution in [0.2, 0.25) is 0 Å². The number of rotatable bonds is 0. The Hall–Kier alpha value is -2.52. The van der Waals surface area contributed by atoms with E-state index in [1.807, 2.05) is 55.4 Å². The highest BCUT2D eigenvalue weighted by molar-refractivity contribution is 5.85. The Morgan fingerprint density at radius 3 is 0.763 bits per heavy atom. The minimum absolute atomic E-state index is 0.179. The fourth-order valence-electron chi connectivity index (χ4n) is 9.64. The van der Waals surface area contributed by atoms with Crippen molar-refractivity contribution in [1.29, 1.82) is 0 Å². The first-order chi connectivity index (χ1) is 17.2. The number of alkyl halides is 6. The number of hydrogen-bond acceptors (Lipinski definition) is 2. The number of fused-ring (bicyclic) bond motifs is 2.